The molecule has 1 aliphatic rings. The number of hydrogen-bond acceptors (Lipinski definition) is 7. The average Bonchev–Trinajstić information content (AvgIpc) is 2.88. The summed E-state index contributed by atoms with van der Waals surface area (Å²) in [5.41, 5.74) is -0.366. The van der Waals surface area contributed by atoms with Crippen LogP contribution in [0.2, 0.25) is 0 Å². The molecule has 2 heterocycles. The number of alkyl halides is 6. The lowest BCUT2D eigenvalue weighted by molar-refractivity contribution is -0.154. The normalized spacial score (nSPS) is 14.3. The summed E-state index contributed by atoms with van der Waals surface area (Å²) in [6, 6.07) is 8.96. The number of carbonyl (C=O) groups excluding carboxylic acids is 1. The van der Waals surface area contributed by atoms with E-state index in [4.69, 9.17) is 0 Å². The zero-order chi connectivity index (χ0) is 28.2. The molecule has 0 bridgehead atoms. The fourth-order valence-corrected chi connectivity index (χ4v) is 3.70. The van der Waals surface area contributed by atoms with E-state index in [9.17, 15) is 35.5 Å². The molecule has 0 atom stereocenters. The Hall–Kier alpha value is -4.17. The highest BCUT2D eigenvalue weighted by molar-refractivity contribution is 5.79. The molecule has 4 rings (SSSR count). The van der Waals surface area contributed by atoms with E-state index in [1.165, 1.54) is 30.3 Å². The van der Waals surface area contributed by atoms with Crippen molar-refractivity contribution in [3.63, 3.8) is 0 Å². The number of halogens is 7. The van der Waals surface area contributed by atoms with Crippen LogP contribution in [-0.2, 0) is 17.4 Å². The van der Waals surface area contributed by atoms with Gasteiger partial charge < -0.3 is 19.9 Å². The topological polar surface area (TPSA) is 83.5 Å². The molecule has 1 aromatic heterocycles. The number of anilines is 3. The Morgan fingerprint density at radius 2 is 1.62 bits per heavy atom. The van der Waals surface area contributed by atoms with Crippen molar-refractivity contribution in [3.8, 4) is 6.01 Å². The third kappa shape index (κ3) is 7.91. The molecule has 1 amide bonds. The van der Waals surface area contributed by atoms with Crippen LogP contribution in [0.15, 0.2) is 48.5 Å². The Labute approximate surface area is 217 Å². The van der Waals surface area contributed by atoms with Crippen LogP contribution < -0.4 is 15.0 Å². The maximum absolute atomic E-state index is 13.1. The first-order valence-corrected chi connectivity index (χ1v) is 11.5. The molecule has 0 saturated carbocycles. The minimum atomic E-state index is -4.68. The maximum atomic E-state index is 13.1. The van der Waals surface area contributed by atoms with Crippen LogP contribution in [0.3, 0.4) is 0 Å². The molecule has 15 heteroatoms. The lowest BCUT2D eigenvalue weighted by Crippen LogP contribution is -2.49. The van der Waals surface area contributed by atoms with Gasteiger partial charge in [-0.2, -0.15) is 41.3 Å². The van der Waals surface area contributed by atoms with Crippen LogP contribution in [0, 0.1) is 5.82 Å². The number of nitrogens with one attached hydrogen (secondary N) is 1. The van der Waals surface area contributed by atoms with Gasteiger partial charge in [0.2, 0.25) is 17.8 Å². The van der Waals surface area contributed by atoms with Gasteiger partial charge in [0.25, 0.3) is 0 Å². The van der Waals surface area contributed by atoms with Gasteiger partial charge in [-0.3, -0.25) is 4.79 Å². The van der Waals surface area contributed by atoms with Crippen molar-refractivity contribution >= 4 is 23.5 Å². The molecule has 2 aromatic carbocycles. The van der Waals surface area contributed by atoms with Gasteiger partial charge in [-0.25, -0.2) is 4.39 Å². The van der Waals surface area contributed by atoms with Crippen molar-refractivity contribution in [3.05, 3.63) is 65.5 Å². The number of benzene rings is 2. The van der Waals surface area contributed by atoms with Crippen molar-refractivity contribution in [2.45, 2.75) is 18.8 Å². The van der Waals surface area contributed by atoms with Crippen molar-refractivity contribution in [2.75, 3.05) is 43.0 Å². The summed E-state index contributed by atoms with van der Waals surface area (Å²) in [4.78, 5) is 27.6. The van der Waals surface area contributed by atoms with Crippen molar-refractivity contribution in [1.82, 2.24) is 19.9 Å². The molecule has 1 fully saturated rings. The second-order valence-electron chi connectivity index (χ2n) is 8.52. The Kier molecular flexibility index (Phi) is 8.06. The van der Waals surface area contributed by atoms with E-state index in [0.717, 1.165) is 18.2 Å². The summed E-state index contributed by atoms with van der Waals surface area (Å²) in [5.74, 6) is -1.02. The number of piperazine rings is 1. The largest absolute Gasteiger partial charge is 0.454 e. The number of nitrogens with zero attached hydrogens (tertiary/aromatic N) is 5. The summed E-state index contributed by atoms with van der Waals surface area (Å²) in [6.45, 7) is -0.797. The Morgan fingerprint density at radius 1 is 0.923 bits per heavy atom. The molecule has 39 heavy (non-hydrogen) atoms. The van der Waals surface area contributed by atoms with Crippen LogP contribution in [0.25, 0.3) is 0 Å². The van der Waals surface area contributed by atoms with Gasteiger partial charge >= 0.3 is 18.4 Å². The van der Waals surface area contributed by atoms with Crippen LogP contribution in [0.4, 0.5) is 48.3 Å². The third-order valence-electron chi connectivity index (χ3n) is 5.60. The molecule has 208 valence electrons. The van der Waals surface area contributed by atoms with Gasteiger partial charge in [0.1, 0.15) is 5.82 Å². The fraction of sp³-hybridized carbons (Fsp3) is 0.333. The fourth-order valence-electron chi connectivity index (χ4n) is 3.70. The van der Waals surface area contributed by atoms with E-state index in [-0.39, 0.29) is 56.1 Å². The second kappa shape index (κ2) is 11.3. The van der Waals surface area contributed by atoms with Crippen LogP contribution in [0.5, 0.6) is 6.01 Å². The van der Waals surface area contributed by atoms with Gasteiger partial charge in [-0.1, -0.05) is 18.2 Å². The summed E-state index contributed by atoms with van der Waals surface area (Å²) in [7, 11) is 0. The zero-order valence-corrected chi connectivity index (χ0v) is 20.1. The molecule has 0 radical (unpaired) electrons. The first-order valence-electron chi connectivity index (χ1n) is 11.5. The number of amides is 1. The molecular formula is C24H21F7N6O2. The van der Waals surface area contributed by atoms with Crippen LogP contribution >= 0.6 is 0 Å². The number of ether oxygens (including phenoxy) is 1. The Balaban J connectivity index is 1.49. The van der Waals surface area contributed by atoms with Gasteiger partial charge in [0, 0.05) is 31.9 Å². The van der Waals surface area contributed by atoms with Gasteiger partial charge in [0.15, 0.2) is 6.61 Å². The minimum Gasteiger partial charge on any atom is -0.454 e. The van der Waals surface area contributed by atoms with Gasteiger partial charge in [-0.15, -0.1) is 0 Å². The number of hydrogen-bond donors (Lipinski definition) is 1. The summed E-state index contributed by atoms with van der Waals surface area (Å²) in [6.07, 6.45) is -9.23. The zero-order valence-electron chi connectivity index (χ0n) is 20.1. The molecule has 8 nitrogen and oxygen atoms in total. The van der Waals surface area contributed by atoms with E-state index in [0.29, 0.717) is 5.56 Å². The van der Waals surface area contributed by atoms with E-state index >= 15 is 0 Å². The van der Waals surface area contributed by atoms with Crippen LogP contribution in [-0.4, -0.2) is 64.7 Å². The smallest absolute Gasteiger partial charge is 0.422 e. The minimum absolute atomic E-state index is 0.0556. The quantitative estimate of drug-likeness (QED) is 0.425. The Bertz CT molecular complexity index is 1290. The molecule has 0 spiro atoms. The highest BCUT2D eigenvalue weighted by atomic mass is 19.4. The van der Waals surface area contributed by atoms with Crippen molar-refractivity contribution in [1.29, 1.82) is 0 Å². The number of aromatic nitrogens is 3. The molecule has 1 saturated heterocycles. The predicted octanol–water partition coefficient (Wildman–Crippen LogP) is 4.61. The lowest BCUT2D eigenvalue weighted by Gasteiger charge is -2.35. The van der Waals surface area contributed by atoms with E-state index < -0.39 is 36.4 Å². The monoisotopic (exact) mass is 558 g/mol. The highest BCUT2D eigenvalue weighted by Crippen LogP contribution is 2.31. The first kappa shape index (κ1) is 27.9. The molecule has 1 aliphatic heterocycles. The number of carbonyl (C=O) groups is 1. The van der Waals surface area contributed by atoms with E-state index in [2.05, 4.69) is 25.0 Å². The SMILES string of the molecule is O=C(Cc1ccc(F)cc1)N1CCN(c2nc(Nc3cccc(C(F)(F)F)c3)nc(OCC(F)(F)F)n2)CC1. The Morgan fingerprint density at radius 3 is 2.26 bits per heavy atom. The molecule has 3 aromatic rings. The standard InChI is InChI=1S/C24H21F7N6O2/c25-17-6-4-15(5-7-17)12-19(38)36-8-10-37(11-9-36)21-33-20(34-22(35-21)39-14-23(26,27)28)32-18-3-1-2-16(13-18)24(29,30)31/h1-7,13H,8-12,14H2,(H,32,33,34,35). The number of rotatable bonds is 7. The second-order valence-corrected chi connectivity index (χ2v) is 8.52. The molecule has 0 aliphatic carbocycles. The van der Waals surface area contributed by atoms with E-state index in [1.54, 1.807) is 9.80 Å². The lowest BCUT2D eigenvalue weighted by atomic mass is 10.1. The average molecular weight is 558 g/mol. The summed E-state index contributed by atoms with van der Waals surface area (Å²) >= 11 is 0. The van der Waals surface area contributed by atoms with Gasteiger partial charge in [0.05, 0.1) is 12.0 Å². The third-order valence-corrected chi connectivity index (χ3v) is 5.60. The van der Waals surface area contributed by atoms with Gasteiger partial charge in [-0.05, 0) is 35.9 Å². The highest BCUT2D eigenvalue weighted by Gasteiger charge is 2.31. The summed E-state index contributed by atoms with van der Waals surface area (Å²) in [5, 5.41) is 2.55. The maximum Gasteiger partial charge on any atom is 0.422 e. The van der Waals surface area contributed by atoms with Crippen LogP contribution in [0.1, 0.15) is 11.1 Å². The van der Waals surface area contributed by atoms with E-state index in [1.807, 2.05) is 0 Å². The van der Waals surface area contributed by atoms with Crippen molar-refractivity contribution in [2.24, 2.45) is 0 Å². The predicted molar refractivity (Wildman–Crippen MR) is 125 cm³/mol. The molecular weight excluding hydrogens is 537 g/mol. The summed E-state index contributed by atoms with van der Waals surface area (Å²) < 4.78 is 95.1. The van der Waals surface area contributed by atoms with Crippen molar-refractivity contribution < 1.29 is 40.3 Å². The first-order chi connectivity index (χ1) is 18.4. The molecule has 1 N–H and O–H groups in total. The molecule has 0 unspecified atom stereocenters.